The lowest BCUT2D eigenvalue weighted by Gasteiger charge is -2.37. The van der Waals surface area contributed by atoms with Crippen molar-refractivity contribution in [3.63, 3.8) is 0 Å². The minimum absolute atomic E-state index is 0.227. The SMILES string of the molecule is COC(=O)C(CN1CCN(c2ccccc2)CC1)Nc1ccccc1. The molecule has 2 aromatic rings. The largest absolute Gasteiger partial charge is 0.467 e. The average Bonchev–Trinajstić information content (AvgIpc) is 2.69. The summed E-state index contributed by atoms with van der Waals surface area (Å²) >= 11 is 0. The zero-order valence-electron chi connectivity index (χ0n) is 14.6. The van der Waals surface area contributed by atoms with Crippen molar-refractivity contribution in [3.8, 4) is 0 Å². The lowest BCUT2D eigenvalue weighted by atomic mass is 10.2. The quantitative estimate of drug-likeness (QED) is 0.819. The van der Waals surface area contributed by atoms with Crippen LogP contribution in [0, 0.1) is 0 Å². The third-order valence-corrected chi connectivity index (χ3v) is 4.53. The predicted octanol–water partition coefficient (Wildman–Crippen LogP) is 2.46. The van der Waals surface area contributed by atoms with Gasteiger partial charge in [0.15, 0.2) is 0 Å². The van der Waals surface area contributed by atoms with Crippen molar-refractivity contribution < 1.29 is 9.53 Å². The highest BCUT2D eigenvalue weighted by Gasteiger charge is 2.25. The Hall–Kier alpha value is -2.53. The fourth-order valence-electron chi connectivity index (χ4n) is 3.14. The molecule has 1 heterocycles. The summed E-state index contributed by atoms with van der Waals surface area (Å²) in [6.45, 7) is 4.42. The second kappa shape index (κ2) is 8.53. The first-order valence-corrected chi connectivity index (χ1v) is 8.68. The molecule has 132 valence electrons. The van der Waals surface area contributed by atoms with Gasteiger partial charge in [-0.3, -0.25) is 4.90 Å². The number of hydrogen-bond acceptors (Lipinski definition) is 5. The molecule has 1 aliphatic heterocycles. The highest BCUT2D eigenvalue weighted by molar-refractivity contribution is 5.79. The van der Waals surface area contributed by atoms with Crippen LogP contribution in [0.15, 0.2) is 60.7 Å². The van der Waals surface area contributed by atoms with E-state index in [-0.39, 0.29) is 12.0 Å². The smallest absolute Gasteiger partial charge is 0.329 e. The van der Waals surface area contributed by atoms with Crippen LogP contribution in [-0.2, 0) is 9.53 Å². The molecule has 0 saturated carbocycles. The Labute approximate surface area is 149 Å². The van der Waals surface area contributed by atoms with Crippen LogP contribution in [0.3, 0.4) is 0 Å². The van der Waals surface area contributed by atoms with Crippen LogP contribution >= 0.6 is 0 Å². The summed E-state index contributed by atoms with van der Waals surface area (Å²) in [7, 11) is 1.44. The topological polar surface area (TPSA) is 44.8 Å². The molecule has 0 spiro atoms. The highest BCUT2D eigenvalue weighted by atomic mass is 16.5. The molecule has 0 bridgehead atoms. The van der Waals surface area contributed by atoms with E-state index in [1.165, 1.54) is 12.8 Å². The maximum Gasteiger partial charge on any atom is 0.329 e. The summed E-state index contributed by atoms with van der Waals surface area (Å²) in [4.78, 5) is 16.9. The summed E-state index contributed by atoms with van der Waals surface area (Å²) in [6, 6.07) is 19.9. The number of carbonyl (C=O) groups excluding carboxylic acids is 1. The van der Waals surface area contributed by atoms with Crippen LogP contribution in [0.2, 0.25) is 0 Å². The molecule has 1 saturated heterocycles. The van der Waals surface area contributed by atoms with E-state index in [1.807, 2.05) is 36.4 Å². The molecule has 25 heavy (non-hydrogen) atoms. The first kappa shape index (κ1) is 17.3. The minimum Gasteiger partial charge on any atom is -0.467 e. The number of ether oxygens (including phenoxy) is 1. The van der Waals surface area contributed by atoms with Crippen LogP contribution in [0.5, 0.6) is 0 Å². The molecule has 1 N–H and O–H groups in total. The number of nitrogens with zero attached hydrogens (tertiary/aromatic N) is 2. The highest BCUT2D eigenvalue weighted by Crippen LogP contribution is 2.16. The summed E-state index contributed by atoms with van der Waals surface area (Å²) in [5.41, 5.74) is 2.19. The molecule has 3 rings (SSSR count). The average molecular weight is 339 g/mol. The van der Waals surface area contributed by atoms with Crippen molar-refractivity contribution >= 4 is 17.3 Å². The van der Waals surface area contributed by atoms with Crippen molar-refractivity contribution in [1.82, 2.24) is 4.90 Å². The Bertz CT molecular complexity index is 655. The number of anilines is 2. The van der Waals surface area contributed by atoms with Crippen molar-refractivity contribution in [2.24, 2.45) is 0 Å². The normalized spacial score (nSPS) is 16.3. The van der Waals surface area contributed by atoms with E-state index in [0.29, 0.717) is 6.54 Å². The van der Waals surface area contributed by atoms with E-state index in [1.54, 1.807) is 0 Å². The fraction of sp³-hybridized carbons (Fsp3) is 0.350. The molecule has 5 heteroatoms. The standard InChI is InChI=1S/C20H25N3O2/c1-25-20(24)19(21-17-8-4-2-5-9-17)16-22-12-14-23(15-13-22)18-10-6-3-7-11-18/h2-11,19,21H,12-16H2,1H3. The van der Waals surface area contributed by atoms with Gasteiger partial charge >= 0.3 is 5.97 Å². The third-order valence-electron chi connectivity index (χ3n) is 4.53. The van der Waals surface area contributed by atoms with Gasteiger partial charge in [0.25, 0.3) is 0 Å². The molecule has 2 aromatic carbocycles. The predicted molar refractivity (Wildman–Crippen MR) is 101 cm³/mol. The monoisotopic (exact) mass is 339 g/mol. The summed E-state index contributed by atoms with van der Waals surface area (Å²) in [5, 5.41) is 3.29. The van der Waals surface area contributed by atoms with Gasteiger partial charge < -0.3 is 15.0 Å². The summed E-state index contributed by atoms with van der Waals surface area (Å²) < 4.78 is 4.98. The number of esters is 1. The third kappa shape index (κ3) is 4.73. The van der Waals surface area contributed by atoms with Gasteiger partial charge in [0.1, 0.15) is 6.04 Å². The number of benzene rings is 2. The summed E-state index contributed by atoms with van der Waals surface area (Å²) in [5.74, 6) is -0.227. The number of piperazine rings is 1. The lowest BCUT2D eigenvalue weighted by Crippen LogP contribution is -2.51. The number of nitrogens with one attached hydrogen (secondary N) is 1. The first-order chi connectivity index (χ1) is 12.3. The van der Waals surface area contributed by atoms with Gasteiger partial charge in [-0.1, -0.05) is 36.4 Å². The van der Waals surface area contributed by atoms with Gasteiger partial charge in [0.2, 0.25) is 0 Å². The van der Waals surface area contributed by atoms with E-state index < -0.39 is 0 Å². The molecule has 1 unspecified atom stereocenters. The van der Waals surface area contributed by atoms with E-state index in [0.717, 1.165) is 31.9 Å². The second-order valence-electron chi connectivity index (χ2n) is 6.21. The number of methoxy groups -OCH3 is 1. The Morgan fingerprint density at radius 3 is 2.20 bits per heavy atom. The van der Waals surface area contributed by atoms with Crippen LogP contribution in [-0.4, -0.2) is 56.7 Å². The molecule has 0 radical (unpaired) electrons. The number of hydrogen-bond donors (Lipinski definition) is 1. The van der Waals surface area contributed by atoms with Gasteiger partial charge in [0.05, 0.1) is 7.11 Å². The van der Waals surface area contributed by atoms with E-state index >= 15 is 0 Å². The molecule has 5 nitrogen and oxygen atoms in total. The first-order valence-electron chi connectivity index (χ1n) is 8.68. The Balaban J connectivity index is 1.57. The van der Waals surface area contributed by atoms with Gasteiger partial charge in [-0.05, 0) is 24.3 Å². The van der Waals surface area contributed by atoms with E-state index in [4.69, 9.17) is 4.74 Å². The molecule has 1 atom stereocenters. The van der Waals surface area contributed by atoms with Crippen LogP contribution < -0.4 is 10.2 Å². The lowest BCUT2D eigenvalue weighted by molar-refractivity contribution is -0.142. The molecular formula is C20H25N3O2. The van der Waals surface area contributed by atoms with Crippen molar-refractivity contribution in [2.75, 3.05) is 50.1 Å². The van der Waals surface area contributed by atoms with E-state index in [2.05, 4.69) is 39.4 Å². The van der Waals surface area contributed by atoms with Gasteiger partial charge in [-0.25, -0.2) is 4.79 Å². The van der Waals surface area contributed by atoms with Gasteiger partial charge in [0, 0.05) is 44.1 Å². The molecule has 0 amide bonds. The van der Waals surface area contributed by atoms with Crippen molar-refractivity contribution in [1.29, 1.82) is 0 Å². The number of carbonyl (C=O) groups is 1. The zero-order chi connectivity index (χ0) is 17.5. The molecular weight excluding hydrogens is 314 g/mol. The van der Waals surface area contributed by atoms with Crippen molar-refractivity contribution in [3.05, 3.63) is 60.7 Å². The Kier molecular flexibility index (Phi) is 5.90. The molecule has 1 fully saturated rings. The second-order valence-corrected chi connectivity index (χ2v) is 6.21. The maximum atomic E-state index is 12.2. The Morgan fingerprint density at radius 2 is 1.60 bits per heavy atom. The van der Waals surface area contributed by atoms with Crippen LogP contribution in [0.1, 0.15) is 0 Å². The van der Waals surface area contributed by atoms with E-state index in [9.17, 15) is 4.79 Å². The minimum atomic E-state index is -0.365. The van der Waals surface area contributed by atoms with Crippen molar-refractivity contribution in [2.45, 2.75) is 6.04 Å². The molecule has 0 aromatic heterocycles. The maximum absolute atomic E-state index is 12.2. The Morgan fingerprint density at radius 1 is 1.00 bits per heavy atom. The molecule has 0 aliphatic carbocycles. The summed E-state index contributed by atoms with van der Waals surface area (Å²) in [6.07, 6.45) is 0. The van der Waals surface area contributed by atoms with Gasteiger partial charge in [-0.15, -0.1) is 0 Å². The van der Waals surface area contributed by atoms with Crippen LogP contribution in [0.4, 0.5) is 11.4 Å². The zero-order valence-corrected chi connectivity index (χ0v) is 14.6. The number of rotatable bonds is 6. The number of para-hydroxylation sites is 2. The van der Waals surface area contributed by atoms with Crippen LogP contribution in [0.25, 0.3) is 0 Å². The molecule has 1 aliphatic rings. The fourth-order valence-corrected chi connectivity index (χ4v) is 3.14. The van der Waals surface area contributed by atoms with Gasteiger partial charge in [-0.2, -0.15) is 0 Å².